The van der Waals surface area contributed by atoms with E-state index in [2.05, 4.69) is 20.4 Å². The Balaban J connectivity index is 2.01. The van der Waals surface area contributed by atoms with E-state index in [0.717, 1.165) is 5.69 Å². The molecule has 1 N–H and O–H groups in total. The van der Waals surface area contributed by atoms with Crippen molar-refractivity contribution < 1.29 is 8.78 Å². The Bertz CT molecular complexity index is 564. The molecule has 0 spiro atoms. The lowest BCUT2D eigenvalue weighted by atomic mass is 9.84. The summed E-state index contributed by atoms with van der Waals surface area (Å²) in [4.78, 5) is 8.05. The maximum Gasteiger partial charge on any atom is 0.254 e. The van der Waals surface area contributed by atoms with Crippen LogP contribution in [0.2, 0.25) is 0 Å². The van der Waals surface area contributed by atoms with Gasteiger partial charge in [-0.15, -0.1) is 0 Å². The number of pyridine rings is 1. The fourth-order valence-electron chi connectivity index (χ4n) is 1.89. The van der Waals surface area contributed by atoms with Gasteiger partial charge in [0.15, 0.2) is 0 Å². The monoisotopic (exact) mass is 295 g/mol. The first-order valence-electron chi connectivity index (χ1n) is 6.78. The standard InChI is InChI=1S/C14H19F2N5/c1-4-14(15,16)13(2,3)8-19-12-6-5-11(7-18-12)21-10-17-9-20-21/h5-7,9-10H,4,8H2,1-3H3,(H,18,19). The van der Waals surface area contributed by atoms with E-state index in [1.165, 1.54) is 13.3 Å². The third-order valence-electron chi connectivity index (χ3n) is 3.58. The fraction of sp³-hybridized carbons (Fsp3) is 0.500. The summed E-state index contributed by atoms with van der Waals surface area (Å²) in [6, 6.07) is 3.53. The van der Waals surface area contributed by atoms with Crippen molar-refractivity contribution in [2.75, 3.05) is 11.9 Å². The predicted molar refractivity (Wildman–Crippen MR) is 76.7 cm³/mol. The molecule has 0 fully saturated rings. The van der Waals surface area contributed by atoms with Gasteiger partial charge in [-0.2, -0.15) is 5.10 Å². The Morgan fingerprint density at radius 2 is 2.05 bits per heavy atom. The van der Waals surface area contributed by atoms with Gasteiger partial charge >= 0.3 is 0 Å². The van der Waals surface area contributed by atoms with E-state index in [1.54, 1.807) is 43.2 Å². The van der Waals surface area contributed by atoms with E-state index in [-0.39, 0.29) is 13.0 Å². The van der Waals surface area contributed by atoms with Gasteiger partial charge in [0, 0.05) is 18.4 Å². The summed E-state index contributed by atoms with van der Waals surface area (Å²) in [7, 11) is 0. The summed E-state index contributed by atoms with van der Waals surface area (Å²) in [5.74, 6) is -2.17. The van der Waals surface area contributed by atoms with Crippen LogP contribution in [0.5, 0.6) is 0 Å². The van der Waals surface area contributed by atoms with Crippen LogP contribution < -0.4 is 5.32 Å². The molecule has 0 amide bonds. The zero-order valence-electron chi connectivity index (χ0n) is 12.3. The van der Waals surface area contributed by atoms with Crippen LogP contribution >= 0.6 is 0 Å². The Morgan fingerprint density at radius 1 is 1.29 bits per heavy atom. The molecule has 0 bridgehead atoms. The Kier molecular flexibility index (Phi) is 4.20. The molecule has 0 unspecified atom stereocenters. The van der Waals surface area contributed by atoms with E-state index in [1.807, 2.05) is 0 Å². The molecule has 7 heteroatoms. The molecule has 2 aromatic rings. The summed E-state index contributed by atoms with van der Waals surface area (Å²) < 4.78 is 29.2. The average Bonchev–Trinajstić information content (AvgIpc) is 3.00. The van der Waals surface area contributed by atoms with E-state index >= 15 is 0 Å². The van der Waals surface area contributed by atoms with Gasteiger partial charge in [-0.05, 0) is 12.1 Å². The number of alkyl halides is 2. The Labute approximate surface area is 122 Å². The van der Waals surface area contributed by atoms with Crippen molar-refractivity contribution in [1.82, 2.24) is 19.7 Å². The lowest BCUT2D eigenvalue weighted by Crippen LogP contribution is -2.41. The third-order valence-corrected chi connectivity index (χ3v) is 3.58. The van der Waals surface area contributed by atoms with Gasteiger partial charge in [0.25, 0.3) is 5.92 Å². The average molecular weight is 295 g/mol. The lowest BCUT2D eigenvalue weighted by molar-refractivity contribution is -0.101. The highest BCUT2D eigenvalue weighted by Gasteiger charge is 2.44. The maximum absolute atomic E-state index is 13.8. The molecule has 0 aliphatic carbocycles. The van der Waals surface area contributed by atoms with Crippen LogP contribution in [0.4, 0.5) is 14.6 Å². The SMILES string of the molecule is CCC(F)(F)C(C)(C)CNc1ccc(-n2cncn2)cn1. The molecule has 0 radical (unpaired) electrons. The predicted octanol–water partition coefficient (Wildman–Crippen LogP) is 3.15. The highest BCUT2D eigenvalue weighted by Crippen LogP contribution is 2.38. The summed E-state index contributed by atoms with van der Waals surface area (Å²) in [5, 5.41) is 6.95. The van der Waals surface area contributed by atoms with E-state index in [0.29, 0.717) is 5.82 Å². The van der Waals surface area contributed by atoms with Gasteiger partial charge < -0.3 is 5.32 Å². The highest BCUT2D eigenvalue weighted by atomic mass is 19.3. The number of nitrogens with one attached hydrogen (secondary N) is 1. The molecule has 0 saturated heterocycles. The van der Waals surface area contributed by atoms with Crippen LogP contribution in [0.1, 0.15) is 27.2 Å². The van der Waals surface area contributed by atoms with Crippen LogP contribution in [0.25, 0.3) is 5.69 Å². The molecule has 0 aliphatic rings. The van der Waals surface area contributed by atoms with E-state index in [9.17, 15) is 8.78 Å². The molecule has 5 nitrogen and oxygen atoms in total. The van der Waals surface area contributed by atoms with Crippen molar-refractivity contribution in [2.45, 2.75) is 33.1 Å². The number of hydrogen-bond donors (Lipinski definition) is 1. The molecular weight excluding hydrogens is 276 g/mol. The number of aromatic nitrogens is 4. The topological polar surface area (TPSA) is 55.6 Å². The summed E-state index contributed by atoms with van der Waals surface area (Å²) in [6.07, 6.45) is 4.43. The minimum absolute atomic E-state index is 0.142. The van der Waals surface area contributed by atoms with Crippen molar-refractivity contribution in [3.63, 3.8) is 0 Å². The smallest absolute Gasteiger partial charge is 0.254 e. The number of rotatable bonds is 6. The van der Waals surface area contributed by atoms with Crippen LogP contribution in [-0.4, -0.2) is 32.2 Å². The molecule has 0 atom stereocenters. The van der Waals surface area contributed by atoms with Crippen LogP contribution in [-0.2, 0) is 0 Å². The first-order valence-corrected chi connectivity index (χ1v) is 6.78. The summed E-state index contributed by atoms with van der Waals surface area (Å²) >= 11 is 0. The summed E-state index contributed by atoms with van der Waals surface area (Å²) in [5.41, 5.74) is -0.384. The first kappa shape index (κ1) is 15.3. The second-order valence-electron chi connectivity index (χ2n) is 5.54. The second-order valence-corrected chi connectivity index (χ2v) is 5.54. The molecular formula is C14H19F2N5. The van der Waals surface area contributed by atoms with Crippen molar-refractivity contribution in [3.05, 3.63) is 31.0 Å². The maximum atomic E-state index is 13.8. The molecule has 0 saturated carbocycles. The van der Waals surface area contributed by atoms with Gasteiger partial charge in [0.1, 0.15) is 18.5 Å². The lowest BCUT2D eigenvalue weighted by Gasteiger charge is -2.33. The zero-order chi connectivity index (χ0) is 15.5. The van der Waals surface area contributed by atoms with Gasteiger partial charge in [-0.3, -0.25) is 0 Å². The number of halogens is 2. The van der Waals surface area contributed by atoms with E-state index < -0.39 is 11.3 Å². The Hall–Kier alpha value is -2.05. The molecule has 2 rings (SSSR count). The van der Waals surface area contributed by atoms with Gasteiger partial charge in [-0.1, -0.05) is 20.8 Å². The quantitative estimate of drug-likeness (QED) is 0.889. The molecule has 0 aromatic carbocycles. The molecule has 21 heavy (non-hydrogen) atoms. The van der Waals surface area contributed by atoms with Gasteiger partial charge in [0.05, 0.1) is 11.9 Å². The number of anilines is 1. The molecule has 0 aliphatic heterocycles. The fourth-order valence-corrected chi connectivity index (χ4v) is 1.89. The zero-order valence-corrected chi connectivity index (χ0v) is 12.3. The molecule has 2 aromatic heterocycles. The van der Waals surface area contributed by atoms with Crippen LogP contribution in [0.15, 0.2) is 31.0 Å². The minimum atomic E-state index is -2.72. The van der Waals surface area contributed by atoms with E-state index in [4.69, 9.17) is 0 Å². The van der Waals surface area contributed by atoms with Gasteiger partial charge in [0.2, 0.25) is 0 Å². The second kappa shape index (κ2) is 5.75. The highest BCUT2D eigenvalue weighted by molar-refractivity contribution is 5.40. The third kappa shape index (κ3) is 3.34. The van der Waals surface area contributed by atoms with Crippen LogP contribution in [0, 0.1) is 5.41 Å². The molecule has 114 valence electrons. The van der Waals surface area contributed by atoms with Crippen molar-refractivity contribution in [2.24, 2.45) is 5.41 Å². The van der Waals surface area contributed by atoms with Gasteiger partial charge in [-0.25, -0.2) is 23.4 Å². The Morgan fingerprint density at radius 3 is 2.57 bits per heavy atom. The van der Waals surface area contributed by atoms with Crippen molar-refractivity contribution in [1.29, 1.82) is 0 Å². The normalized spacial score (nSPS) is 12.4. The largest absolute Gasteiger partial charge is 0.369 e. The van der Waals surface area contributed by atoms with Crippen LogP contribution in [0.3, 0.4) is 0 Å². The van der Waals surface area contributed by atoms with Crippen molar-refractivity contribution in [3.8, 4) is 5.69 Å². The summed E-state index contributed by atoms with van der Waals surface area (Å²) in [6.45, 7) is 4.73. The molecule has 2 heterocycles. The van der Waals surface area contributed by atoms with Crippen molar-refractivity contribution >= 4 is 5.82 Å². The number of nitrogens with zero attached hydrogens (tertiary/aromatic N) is 4. The number of hydrogen-bond acceptors (Lipinski definition) is 4. The first-order chi connectivity index (χ1) is 9.86. The minimum Gasteiger partial charge on any atom is -0.369 e.